The summed E-state index contributed by atoms with van der Waals surface area (Å²) in [6.07, 6.45) is -0.424. The first kappa shape index (κ1) is 13.5. The molecule has 0 amide bonds. The molecule has 1 aromatic rings. The van der Waals surface area contributed by atoms with Crippen molar-refractivity contribution < 1.29 is 19.4 Å². The Hall–Kier alpha value is -1.59. The summed E-state index contributed by atoms with van der Waals surface area (Å²) in [6, 6.07) is 7.03. The Labute approximate surface area is 100 Å². The van der Waals surface area contributed by atoms with Gasteiger partial charge in [-0.05, 0) is 17.7 Å². The number of aliphatic hydroxyl groups excluding tert-OH is 1. The van der Waals surface area contributed by atoms with Crippen molar-refractivity contribution in [2.45, 2.75) is 12.5 Å². The third-order valence-electron chi connectivity index (χ3n) is 2.21. The lowest BCUT2D eigenvalue weighted by atomic mass is 10.1. The Morgan fingerprint density at radius 3 is 2.59 bits per heavy atom. The summed E-state index contributed by atoms with van der Waals surface area (Å²) in [7, 11) is 1.36. The molecular formula is C12H17NO4. The Balaban J connectivity index is 2.47. The minimum absolute atomic E-state index is 0.160. The largest absolute Gasteiger partial charge is 0.491 e. The number of esters is 1. The van der Waals surface area contributed by atoms with E-state index in [0.29, 0.717) is 5.75 Å². The number of hydrogen-bond donors (Lipinski definition) is 2. The van der Waals surface area contributed by atoms with Gasteiger partial charge in [-0.15, -0.1) is 0 Å². The van der Waals surface area contributed by atoms with Crippen LogP contribution in [-0.4, -0.2) is 37.4 Å². The van der Waals surface area contributed by atoms with E-state index in [2.05, 4.69) is 4.74 Å². The molecule has 17 heavy (non-hydrogen) atoms. The fourth-order valence-corrected chi connectivity index (χ4v) is 1.20. The minimum Gasteiger partial charge on any atom is -0.491 e. The maximum Gasteiger partial charge on any atom is 0.309 e. The van der Waals surface area contributed by atoms with Crippen LogP contribution in [0.4, 0.5) is 0 Å². The van der Waals surface area contributed by atoms with Gasteiger partial charge in [-0.3, -0.25) is 4.79 Å². The van der Waals surface area contributed by atoms with Crippen LogP contribution in [-0.2, 0) is 16.0 Å². The Morgan fingerprint density at radius 1 is 1.41 bits per heavy atom. The van der Waals surface area contributed by atoms with Gasteiger partial charge in [-0.1, -0.05) is 12.1 Å². The smallest absolute Gasteiger partial charge is 0.309 e. The van der Waals surface area contributed by atoms with Gasteiger partial charge in [0.15, 0.2) is 0 Å². The highest BCUT2D eigenvalue weighted by Crippen LogP contribution is 2.13. The van der Waals surface area contributed by atoms with Crippen LogP contribution < -0.4 is 10.5 Å². The third kappa shape index (κ3) is 4.84. The molecule has 0 aliphatic rings. The summed E-state index contributed by atoms with van der Waals surface area (Å²) in [4.78, 5) is 11.0. The second-order valence-electron chi connectivity index (χ2n) is 3.60. The van der Waals surface area contributed by atoms with E-state index in [1.165, 1.54) is 7.11 Å². The second-order valence-corrected chi connectivity index (χ2v) is 3.60. The molecule has 0 saturated carbocycles. The fourth-order valence-electron chi connectivity index (χ4n) is 1.20. The van der Waals surface area contributed by atoms with E-state index in [0.717, 1.165) is 5.56 Å². The summed E-state index contributed by atoms with van der Waals surface area (Å²) in [5, 5.41) is 9.21. The van der Waals surface area contributed by atoms with Crippen LogP contribution in [0.15, 0.2) is 24.3 Å². The summed E-state index contributed by atoms with van der Waals surface area (Å²) >= 11 is 0. The molecule has 0 bridgehead atoms. The monoisotopic (exact) mass is 239 g/mol. The van der Waals surface area contributed by atoms with Gasteiger partial charge < -0.3 is 20.3 Å². The van der Waals surface area contributed by atoms with Gasteiger partial charge in [0.2, 0.25) is 0 Å². The number of carbonyl (C=O) groups is 1. The van der Waals surface area contributed by atoms with E-state index in [-0.39, 0.29) is 25.5 Å². The van der Waals surface area contributed by atoms with Crippen molar-refractivity contribution in [3.63, 3.8) is 0 Å². The number of hydrogen-bond acceptors (Lipinski definition) is 5. The molecule has 1 atom stereocenters. The Kier molecular flexibility index (Phi) is 5.45. The van der Waals surface area contributed by atoms with Crippen LogP contribution in [0.1, 0.15) is 5.56 Å². The molecule has 5 nitrogen and oxygen atoms in total. The second kappa shape index (κ2) is 6.88. The molecule has 0 spiro atoms. The number of aliphatic hydroxyl groups is 1. The van der Waals surface area contributed by atoms with Gasteiger partial charge in [-0.2, -0.15) is 0 Å². The van der Waals surface area contributed by atoms with Gasteiger partial charge in [0.1, 0.15) is 18.5 Å². The number of benzene rings is 1. The summed E-state index contributed by atoms with van der Waals surface area (Å²) < 4.78 is 9.86. The summed E-state index contributed by atoms with van der Waals surface area (Å²) in [5.41, 5.74) is 6.10. The maximum atomic E-state index is 11.0. The first-order valence-corrected chi connectivity index (χ1v) is 5.32. The summed E-state index contributed by atoms with van der Waals surface area (Å²) in [6.45, 7) is 0.327. The average molecular weight is 239 g/mol. The molecule has 0 fully saturated rings. The van der Waals surface area contributed by atoms with E-state index in [1.807, 2.05) is 0 Å². The highest BCUT2D eigenvalue weighted by atomic mass is 16.5. The zero-order valence-corrected chi connectivity index (χ0v) is 9.76. The van der Waals surface area contributed by atoms with Crippen molar-refractivity contribution in [1.82, 2.24) is 0 Å². The van der Waals surface area contributed by atoms with Crippen LogP contribution >= 0.6 is 0 Å². The van der Waals surface area contributed by atoms with Crippen LogP contribution in [0.25, 0.3) is 0 Å². The number of rotatable bonds is 6. The number of ether oxygens (including phenoxy) is 2. The lowest BCUT2D eigenvalue weighted by molar-refractivity contribution is -0.139. The zero-order valence-electron chi connectivity index (χ0n) is 9.76. The lowest BCUT2D eigenvalue weighted by Crippen LogP contribution is -2.26. The molecule has 5 heteroatoms. The van der Waals surface area contributed by atoms with Crippen LogP contribution in [0, 0.1) is 0 Å². The molecule has 0 saturated heterocycles. The molecule has 0 aliphatic heterocycles. The molecule has 0 radical (unpaired) electrons. The Bertz CT molecular complexity index is 350. The number of methoxy groups -OCH3 is 1. The number of carbonyl (C=O) groups excluding carboxylic acids is 1. The van der Waals surface area contributed by atoms with Gasteiger partial charge in [-0.25, -0.2) is 0 Å². The van der Waals surface area contributed by atoms with Crippen LogP contribution in [0.2, 0.25) is 0 Å². The molecule has 1 rings (SSSR count). The molecule has 3 N–H and O–H groups in total. The quantitative estimate of drug-likeness (QED) is 0.688. The van der Waals surface area contributed by atoms with Crippen molar-refractivity contribution in [2.24, 2.45) is 5.73 Å². The number of nitrogens with two attached hydrogens (primary N) is 1. The SMILES string of the molecule is COC(=O)Cc1ccc(OCC(O)CN)cc1. The van der Waals surface area contributed by atoms with Crippen LogP contribution in [0.3, 0.4) is 0 Å². The molecule has 0 heterocycles. The van der Waals surface area contributed by atoms with Crippen molar-refractivity contribution >= 4 is 5.97 Å². The van der Waals surface area contributed by atoms with E-state index < -0.39 is 6.10 Å². The molecule has 1 unspecified atom stereocenters. The molecular weight excluding hydrogens is 222 g/mol. The predicted octanol–water partition coefficient (Wildman–Crippen LogP) is 0.100. The molecule has 1 aromatic carbocycles. The van der Waals surface area contributed by atoms with Gasteiger partial charge >= 0.3 is 5.97 Å². The van der Waals surface area contributed by atoms with E-state index >= 15 is 0 Å². The lowest BCUT2D eigenvalue weighted by Gasteiger charge is -2.10. The highest BCUT2D eigenvalue weighted by molar-refractivity contribution is 5.72. The standard InChI is InChI=1S/C12H17NO4/c1-16-12(15)6-9-2-4-11(5-3-9)17-8-10(14)7-13/h2-5,10,14H,6-8,13H2,1H3. The predicted molar refractivity (Wildman–Crippen MR) is 62.7 cm³/mol. The first-order valence-electron chi connectivity index (χ1n) is 5.32. The van der Waals surface area contributed by atoms with Crippen molar-refractivity contribution in [3.8, 4) is 5.75 Å². The normalized spacial score (nSPS) is 11.9. The molecule has 0 aromatic heterocycles. The van der Waals surface area contributed by atoms with Crippen molar-refractivity contribution in [1.29, 1.82) is 0 Å². The Morgan fingerprint density at radius 2 is 2.06 bits per heavy atom. The van der Waals surface area contributed by atoms with Crippen molar-refractivity contribution in [2.75, 3.05) is 20.3 Å². The topological polar surface area (TPSA) is 81.8 Å². The molecule has 94 valence electrons. The summed E-state index contributed by atoms with van der Waals surface area (Å²) in [5.74, 6) is 0.350. The van der Waals surface area contributed by atoms with Gasteiger partial charge in [0, 0.05) is 6.54 Å². The van der Waals surface area contributed by atoms with Gasteiger partial charge in [0.05, 0.1) is 13.5 Å². The highest BCUT2D eigenvalue weighted by Gasteiger charge is 2.04. The average Bonchev–Trinajstić information content (AvgIpc) is 2.37. The zero-order chi connectivity index (χ0) is 12.7. The van der Waals surface area contributed by atoms with E-state index in [4.69, 9.17) is 10.5 Å². The van der Waals surface area contributed by atoms with E-state index in [9.17, 15) is 9.90 Å². The van der Waals surface area contributed by atoms with Crippen molar-refractivity contribution in [3.05, 3.63) is 29.8 Å². The maximum absolute atomic E-state index is 11.0. The van der Waals surface area contributed by atoms with Crippen LogP contribution in [0.5, 0.6) is 5.75 Å². The first-order chi connectivity index (χ1) is 8.15. The fraction of sp³-hybridized carbons (Fsp3) is 0.417. The van der Waals surface area contributed by atoms with E-state index in [1.54, 1.807) is 24.3 Å². The third-order valence-corrected chi connectivity index (χ3v) is 2.21. The van der Waals surface area contributed by atoms with Gasteiger partial charge in [0.25, 0.3) is 0 Å². The molecule has 0 aliphatic carbocycles. The minimum atomic E-state index is -0.662.